The lowest BCUT2D eigenvalue weighted by Gasteiger charge is -2.12. The number of imidazole rings is 1. The Morgan fingerprint density at radius 2 is 1.93 bits per heavy atom. The molecule has 0 bridgehead atoms. The largest absolute Gasteiger partial charge is 0.489 e. The van der Waals surface area contributed by atoms with Gasteiger partial charge in [0.1, 0.15) is 18.2 Å². The molecule has 0 aliphatic carbocycles. The molecule has 0 aliphatic rings. The molecular weight excluding hydrogens is 411 g/mol. The van der Waals surface area contributed by atoms with E-state index in [0.717, 1.165) is 11.1 Å². The van der Waals surface area contributed by atoms with Crippen LogP contribution in [-0.2, 0) is 22.7 Å². The first-order valence-electron chi connectivity index (χ1n) is 8.91. The topological polar surface area (TPSA) is 53.3 Å². The van der Waals surface area contributed by atoms with Crippen molar-refractivity contribution in [2.45, 2.75) is 20.1 Å². The van der Waals surface area contributed by atoms with Crippen molar-refractivity contribution in [2.75, 3.05) is 7.11 Å². The lowest BCUT2D eigenvalue weighted by Crippen LogP contribution is -2.05. The second-order valence-electron chi connectivity index (χ2n) is 6.31. The number of carbonyl (C=O) groups is 1. The normalized spacial score (nSPS) is 11.0. The average molecular weight is 431 g/mol. The molecule has 3 rings (SSSR count). The van der Waals surface area contributed by atoms with Gasteiger partial charge >= 0.3 is 5.97 Å². The maximum absolute atomic E-state index is 11.4. The Bertz CT molecular complexity index is 1030. The zero-order valence-corrected chi connectivity index (χ0v) is 17.6. The molecular formula is C22H20Cl2N2O3. The third-order valence-electron chi connectivity index (χ3n) is 4.33. The van der Waals surface area contributed by atoms with Crippen LogP contribution in [0.3, 0.4) is 0 Å². The summed E-state index contributed by atoms with van der Waals surface area (Å²) in [5, 5.41) is 0.879. The van der Waals surface area contributed by atoms with Crippen LogP contribution in [0.2, 0.25) is 10.2 Å². The Morgan fingerprint density at radius 1 is 1.17 bits per heavy atom. The Hall–Kier alpha value is -2.76. The SMILES string of the molecule is COC(=O)/C=C/c1c(Cl)nc(C)n1Cc1ccc(OCc2ccccc2)cc1Cl. The number of aromatic nitrogens is 2. The van der Waals surface area contributed by atoms with Crippen molar-refractivity contribution in [3.05, 3.63) is 87.4 Å². The van der Waals surface area contributed by atoms with Gasteiger partial charge in [-0.05, 0) is 36.3 Å². The van der Waals surface area contributed by atoms with E-state index >= 15 is 0 Å². The van der Waals surface area contributed by atoms with Crippen molar-refractivity contribution in [1.82, 2.24) is 9.55 Å². The van der Waals surface area contributed by atoms with E-state index < -0.39 is 5.97 Å². The van der Waals surface area contributed by atoms with Gasteiger partial charge in [0.15, 0.2) is 5.15 Å². The zero-order valence-electron chi connectivity index (χ0n) is 16.1. The van der Waals surface area contributed by atoms with Gasteiger partial charge in [-0.3, -0.25) is 0 Å². The molecule has 3 aromatic rings. The summed E-state index contributed by atoms with van der Waals surface area (Å²) in [6, 6.07) is 15.5. The van der Waals surface area contributed by atoms with E-state index in [1.807, 2.05) is 54.0 Å². The first-order chi connectivity index (χ1) is 14.0. The predicted octanol–water partition coefficient (Wildman–Crippen LogP) is 5.31. The van der Waals surface area contributed by atoms with E-state index in [4.69, 9.17) is 27.9 Å². The number of aryl methyl sites for hydroxylation is 1. The molecule has 0 unspecified atom stereocenters. The summed E-state index contributed by atoms with van der Waals surface area (Å²) in [5.74, 6) is 0.929. The number of hydrogen-bond acceptors (Lipinski definition) is 4. The first-order valence-corrected chi connectivity index (χ1v) is 9.67. The van der Waals surface area contributed by atoms with Crippen molar-refractivity contribution < 1.29 is 14.3 Å². The van der Waals surface area contributed by atoms with Crippen LogP contribution in [-0.4, -0.2) is 22.6 Å². The van der Waals surface area contributed by atoms with Gasteiger partial charge in [-0.2, -0.15) is 0 Å². The molecule has 0 fully saturated rings. The van der Waals surface area contributed by atoms with Crippen molar-refractivity contribution in [1.29, 1.82) is 0 Å². The van der Waals surface area contributed by atoms with Crippen LogP contribution in [0.15, 0.2) is 54.6 Å². The summed E-state index contributed by atoms with van der Waals surface area (Å²) in [6.07, 6.45) is 2.89. The highest BCUT2D eigenvalue weighted by Gasteiger charge is 2.13. The van der Waals surface area contributed by atoms with Crippen LogP contribution in [0.1, 0.15) is 22.6 Å². The zero-order chi connectivity index (χ0) is 20.8. The predicted molar refractivity (Wildman–Crippen MR) is 114 cm³/mol. The molecule has 5 nitrogen and oxygen atoms in total. The smallest absolute Gasteiger partial charge is 0.330 e. The summed E-state index contributed by atoms with van der Waals surface area (Å²) in [5.41, 5.74) is 2.57. The van der Waals surface area contributed by atoms with Crippen LogP contribution >= 0.6 is 23.2 Å². The fourth-order valence-electron chi connectivity index (χ4n) is 2.78. The van der Waals surface area contributed by atoms with Crippen LogP contribution in [0.5, 0.6) is 5.75 Å². The number of methoxy groups -OCH3 is 1. The molecule has 0 saturated heterocycles. The van der Waals surface area contributed by atoms with Gasteiger partial charge < -0.3 is 14.0 Å². The summed E-state index contributed by atoms with van der Waals surface area (Å²) >= 11 is 12.7. The number of hydrogen-bond donors (Lipinski definition) is 0. The van der Waals surface area contributed by atoms with Crippen molar-refractivity contribution >= 4 is 35.2 Å². The summed E-state index contributed by atoms with van der Waals surface area (Å²) in [7, 11) is 1.32. The molecule has 29 heavy (non-hydrogen) atoms. The maximum Gasteiger partial charge on any atom is 0.330 e. The van der Waals surface area contributed by atoms with Crippen molar-refractivity contribution in [2.24, 2.45) is 0 Å². The van der Waals surface area contributed by atoms with Crippen LogP contribution in [0, 0.1) is 6.92 Å². The molecule has 1 heterocycles. The fourth-order valence-corrected chi connectivity index (χ4v) is 3.29. The molecule has 0 aliphatic heterocycles. The highest BCUT2D eigenvalue weighted by molar-refractivity contribution is 6.31. The Balaban J connectivity index is 1.77. The monoisotopic (exact) mass is 430 g/mol. The molecule has 1 aromatic heterocycles. The van der Waals surface area contributed by atoms with Crippen molar-refractivity contribution in [3.8, 4) is 5.75 Å². The lowest BCUT2D eigenvalue weighted by molar-refractivity contribution is -0.134. The lowest BCUT2D eigenvalue weighted by atomic mass is 10.2. The summed E-state index contributed by atoms with van der Waals surface area (Å²) in [6.45, 7) is 2.76. The molecule has 0 spiro atoms. The summed E-state index contributed by atoms with van der Waals surface area (Å²) < 4.78 is 12.3. The van der Waals surface area contributed by atoms with E-state index in [1.165, 1.54) is 13.2 Å². The van der Waals surface area contributed by atoms with Gasteiger partial charge in [0.2, 0.25) is 0 Å². The van der Waals surface area contributed by atoms with Gasteiger partial charge in [-0.25, -0.2) is 9.78 Å². The average Bonchev–Trinajstić information content (AvgIpc) is 2.99. The van der Waals surface area contributed by atoms with Crippen LogP contribution in [0.4, 0.5) is 0 Å². The molecule has 2 aromatic carbocycles. The molecule has 7 heteroatoms. The van der Waals surface area contributed by atoms with Crippen LogP contribution in [0.25, 0.3) is 6.08 Å². The molecule has 0 N–H and O–H groups in total. The Kier molecular flexibility index (Phi) is 6.96. The van der Waals surface area contributed by atoms with Gasteiger partial charge in [0.05, 0.1) is 19.3 Å². The van der Waals surface area contributed by atoms with E-state index in [-0.39, 0.29) is 0 Å². The van der Waals surface area contributed by atoms with E-state index in [1.54, 1.807) is 12.1 Å². The van der Waals surface area contributed by atoms with Gasteiger partial charge in [-0.1, -0.05) is 59.6 Å². The van der Waals surface area contributed by atoms with E-state index in [2.05, 4.69) is 9.72 Å². The number of halogens is 2. The Labute approximate surface area is 179 Å². The number of benzene rings is 2. The highest BCUT2D eigenvalue weighted by Crippen LogP contribution is 2.27. The maximum atomic E-state index is 11.4. The number of nitrogens with zero attached hydrogens (tertiary/aromatic N) is 2. The Morgan fingerprint density at radius 3 is 2.62 bits per heavy atom. The van der Waals surface area contributed by atoms with Crippen LogP contribution < -0.4 is 4.74 Å². The molecule has 0 radical (unpaired) electrons. The third-order valence-corrected chi connectivity index (χ3v) is 4.96. The second-order valence-corrected chi connectivity index (χ2v) is 7.07. The number of carbonyl (C=O) groups excluding carboxylic acids is 1. The molecule has 0 saturated carbocycles. The van der Waals surface area contributed by atoms with Gasteiger partial charge in [0.25, 0.3) is 0 Å². The van der Waals surface area contributed by atoms with Crippen molar-refractivity contribution in [3.63, 3.8) is 0 Å². The molecule has 0 atom stereocenters. The number of ether oxygens (including phenoxy) is 2. The minimum absolute atomic E-state index is 0.307. The quantitative estimate of drug-likeness (QED) is 0.376. The minimum atomic E-state index is -0.468. The van der Waals surface area contributed by atoms with E-state index in [0.29, 0.717) is 40.6 Å². The molecule has 0 amide bonds. The minimum Gasteiger partial charge on any atom is -0.489 e. The number of rotatable bonds is 7. The summed E-state index contributed by atoms with van der Waals surface area (Å²) in [4.78, 5) is 15.7. The first kappa shape index (κ1) is 21.0. The molecule has 150 valence electrons. The second kappa shape index (κ2) is 9.63. The standard InChI is InChI=1S/C22H20Cl2N2O3/c1-15-25-22(24)20(10-11-21(27)28-2)26(15)13-17-8-9-18(12-19(17)23)29-14-16-6-4-3-5-7-16/h3-12H,13-14H2,1-2H3/b11-10+. The van der Waals surface area contributed by atoms with E-state index in [9.17, 15) is 4.79 Å². The fraction of sp³-hybridized carbons (Fsp3) is 0.182. The van der Waals surface area contributed by atoms with Gasteiger partial charge in [-0.15, -0.1) is 0 Å². The van der Waals surface area contributed by atoms with Gasteiger partial charge in [0, 0.05) is 11.1 Å². The third kappa shape index (κ3) is 5.40. The highest BCUT2D eigenvalue weighted by atomic mass is 35.5. The number of esters is 1.